The summed E-state index contributed by atoms with van der Waals surface area (Å²) in [5.41, 5.74) is 3.55. The summed E-state index contributed by atoms with van der Waals surface area (Å²) in [4.78, 5) is 26.7. The summed E-state index contributed by atoms with van der Waals surface area (Å²) in [6.45, 7) is 6.99. The van der Waals surface area contributed by atoms with Gasteiger partial charge in [-0.1, -0.05) is 44.2 Å². The van der Waals surface area contributed by atoms with Crippen molar-refractivity contribution in [2.45, 2.75) is 52.1 Å². The van der Waals surface area contributed by atoms with E-state index in [4.69, 9.17) is 4.74 Å². The third-order valence-corrected chi connectivity index (χ3v) is 4.88. The van der Waals surface area contributed by atoms with E-state index in [-0.39, 0.29) is 5.91 Å². The second-order valence-electron chi connectivity index (χ2n) is 7.49. The Morgan fingerprint density at radius 2 is 1.86 bits per heavy atom. The molecule has 0 aliphatic heterocycles. The van der Waals surface area contributed by atoms with Gasteiger partial charge in [0.2, 0.25) is 0 Å². The predicted octanol–water partition coefficient (Wildman–Crippen LogP) is 5.18. The van der Waals surface area contributed by atoms with Gasteiger partial charge in [-0.3, -0.25) is 10.1 Å². The molecule has 0 unspecified atom stereocenters. The van der Waals surface area contributed by atoms with Crippen LogP contribution in [0, 0.1) is 0 Å². The van der Waals surface area contributed by atoms with Crippen molar-refractivity contribution in [3.8, 4) is 0 Å². The van der Waals surface area contributed by atoms with Crippen molar-refractivity contribution in [3.63, 3.8) is 0 Å². The standard InChI is InChI=1S/C23H28N2O3/c1-4-28-23(27)24-20-7-5-6-19(14-20)22(26)25(21-12-13-21)15-17-8-10-18(11-9-17)16(2)3/h5-11,14,16,21H,4,12-13,15H2,1-3H3,(H,24,27). The van der Waals surface area contributed by atoms with Crippen LogP contribution in [0.3, 0.4) is 0 Å². The Bertz CT molecular complexity index is 826. The van der Waals surface area contributed by atoms with Gasteiger partial charge in [0.05, 0.1) is 6.61 Å². The van der Waals surface area contributed by atoms with E-state index in [2.05, 4.69) is 43.4 Å². The fourth-order valence-corrected chi connectivity index (χ4v) is 3.14. The highest BCUT2D eigenvalue weighted by atomic mass is 16.5. The minimum absolute atomic E-state index is 0.0112. The zero-order chi connectivity index (χ0) is 20.1. The summed E-state index contributed by atoms with van der Waals surface area (Å²) in [6.07, 6.45) is 1.56. The zero-order valence-electron chi connectivity index (χ0n) is 16.8. The van der Waals surface area contributed by atoms with Crippen molar-refractivity contribution >= 4 is 17.7 Å². The van der Waals surface area contributed by atoms with Gasteiger partial charge < -0.3 is 9.64 Å². The summed E-state index contributed by atoms with van der Waals surface area (Å²) in [5.74, 6) is 0.479. The van der Waals surface area contributed by atoms with Crippen molar-refractivity contribution in [3.05, 3.63) is 65.2 Å². The van der Waals surface area contributed by atoms with Crippen LogP contribution in [0.2, 0.25) is 0 Å². The molecule has 1 saturated carbocycles. The van der Waals surface area contributed by atoms with E-state index in [1.165, 1.54) is 5.56 Å². The molecule has 3 rings (SSSR count). The molecule has 148 valence electrons. The molecule has 5 heteroatoms. The van der Waals surface area contributed by atoms with Gasteiger partial charge in [-0.15, -0.1) is 0 Å². The molecule has 2 amide bonds. The van der Waals surface area contributed by atoms with Gasteiger partial charge >= 0.3 is 6.09 Å². The Labute approximate surface area is 166 Å². The number of hydrogen-bond acceptors (Lipinski definition) is 3. The summed E-state index contributed by atoms with van der Waals surface area (Å²) in [7, 11) is 0. The van der Waals surface area contributed by atoms with E-state index in [0.29, 0.717) is 36.4 Å². The van der Waals surface area contributed by atoms with Crippen LogP contribution in [0.1, 0.15) is 61.0 Å². The number of rotatable bonds is 7. The van der Waals surface area contributed by atoms with Gasteiger partial charge in [0.1, 0.15) is 0 Å². The van der Waals surface area contributed by atoms with E-state index >= 15 is 0 Å². The maximum absolute atomic E-state index is 13.2. The quantitative estimate of drug-likeness (QED) is 0.720. The second kappa shape index (κ2) is 8.91. The highest BCUT2D eigenvalue weighted by Gasteiger charge is 2.33. The fourth-order valence-electron chi connectivity index (χ4n) is 3.14. The van der Waals surface area contributed by atoms with Crippen LogP contribution in [-0.2, 0) is 11.3 Å². The first-order valence-electron chi connectivity index (χ1n) is 9.91. The van der Waals surface area contributed by atoms with Crippen LogP contribution in [0.15, 0.2) is 48.5 Å². The normalized spacial score (nSPS) is 13.3. The van der Waals surface area contributed by atoms with Crippen LogP contribution in [-0.4, -0.2) is 29.5 Å². The average Bonchev–Trinajstić information content (AvgIpc) is 3.51. The van der Waals surface area contributed by atoms with Crippen LogP contribution in [0.5, 0.6) is 0 Å². The van der Waals surface area contributed by atoms with E-state index in [1.807, 2.05) is 4.90 Å². The molecule has 1 aliphatic carbocycles. The number of nitrogens with one attached hydrogen (secondary N) is 1. The first kappa shape index (κ1) is 19.9. The molecule has 5 nitrogen and oxygen atoms in total. The molecule has 0 aromatic heterocycles. The Morgan fingerprint density at radius 3 is 2.46 bits per heavy atom. The lowest BCUT2D eigenvalue weighted by molar-refractivity contribution is 0.0730. The highest BCUT2D eigenvalue weighted by molar-refractivity contribution is 5.96. The number of carbonyl (C=O) groups is 2. The third kappa shape index (κ3) is 5.12. The van der Waals surface area contributed by atoms with Crippen molar-refractivity contribution in [1.82, 2.24) is 4.90 Å². The first-order chi connectivity index (χ1) is 13.5. The Hall–Kier alpha value is -2.82. The number of amides is 2. The Balaban J connectivity index is 1.73. The van der Waals surface area contributed by atoms with Crippen LogP contribution >= 0.6 is 0 Å². The minimum atomic E-state index is -0.517. The summed E-state index contributed by atoms with van der Waals surface area (Å²) in [5, 5.41) is 2.66. The smallest absolute Gasteiger partial charge is 0.411 e. The van der Waals surface area contributed by atoms with Crippen LogP contribution in [0.4, 0.5) is 10.5 Å². The van der Waals surface area contributed by atoms with E-state index < -0.39 is 6.09 Å². The molecule has 28 heavy (non-hydrogen) atoms. The number of nitrogens with zero attached hydrogens (tertiary/aromatic N) is 1. The Morgan fingerprint density at radius 1 is 1.14 bits per heavy atom. The number of anilines is 1. The molecule has 2 aromatic carbocycles. The molecule has 2 aromatic rings. The highest BCUT2D eigenvalue weighted by Crippen LogP contribution is 2.30. The molecule has 1 N–H and O–H groups in total. The van der Waals surface area contributed by atoms with Crippen LogP contribution in [0.25, 0.3) is 0 Å². The number of carbonyl (C=O) groups excluding carboxylic acids is 2. The largest absolute Gasteiger partial charge is 0.450 e. The SMILES string of the molecule is CCOC(=O)Nc1cccc(C(=O)N(Cc2ccc(C(C)C)cc2)C2CC2)c1. The van der Waals surface area contributed by atoms with Gasteiger partial charge in [0, 0.05) is 23.8 Å². The second-order valence-corrected chi connectivity index (χ2v) is 7.49. The maximum Gasteiger partial charge on any atom is 0.411 e. The molecular formula is C23H28N2O3. The van der Waals surface area contributed by atoms with Gasteiger partial charge in [0.25, 0.3) is 5.91 Å². The monoisotopic (exact) mass is 380 g/mol. The molecule has 0 spiro atoms. The molecule has 0 saturated heterocycles. The lowest BCUT2D eigenvalue weighted by Crippen LogP contribution is -2.32. The Kier molecular flexibility index (Phi) is 6.34. The fraction of sp³-hybridized carbons (Fsp3) is 0.391. The lowest BCUT2D eigenvalue weighted by atomic mass is 10.0. The van der Waals surface area contributed by atoms with Gasteiger partial charge in [0.15, 0.2) is 0 Å². The number of ether oxygens (including phenoxy) is 1. The summed E-state index contributed by atoms with van der Waals surface area (Å²) >= 11 is 0. The molecule has 0 atom stereocenters. The van der Waals surface area contributed by atoms with Crippen LogP contribution < -0.4 is 5.32 Å². The van der Waals surface area contributed by atoms with Crippen molar-refractivity contribution in [1.29, 1.82) is 0 Å². The van der Waals surface area contributed by atoms with E-state index in [1.54, 1.807) is 31.2 Å². The van der Waals surface area contributed by atoms with Gasteiger partial charge in [-0.05, 0) is 55.0 Å². The number of hydrogen-bond donors (Lipinski definition) is 1. The van der Waals surface area contributed by atoms with Crippen molar-refractivity contribution in [2.24, 2.45) is 0 Å². The topological polar surface area (TPSA) is 58.6 Å². The molecule has 0 bridgehead atoms. The molecule has 0 heterocycles. The summed E-state index contributed by atoms with van der Waals surface area (Å²) in [6, 6.07) is 15.8. The average molecular weight is 380 g/mol. The van der Waals surface area contributed by atoms with Crippen molar-refractivity contribution < 1.29 is 14.3 Å². The van der Waals surface area contributed by atoms with E-state index in [0.717, 1.165) is 18.4 Å². The van der Waals surface area contributed by atoms with Gasteiger partial charge in [-0.25, -0.2) is 4.79 Å². The molecule has 0 radical (unpaired) electrons. The zero-order valence-corrected chi connectivity index (χ0v) is 16.8. The number of benzene rings is 2. The lowest BCUT2D eigenvalue weighted by Gasteiger charge is -2.23. The van der Waals surface area contributed by atoms with Gasteiger partial charge in [-0.2, -0.15) is 0 Å². The molecule has 1 fully saturated rings. The van der Waals surface area contributed by atoms with E-state index in [9.17, 15) is 9.59 Å². The third-order valence-electron chi connectivity index (χ3n) is 4.88. The molecule has 1 aliphatic rings. The van der Waals surface area contributed by atoms with Crippen molar-refractivity contribution in [2.75, 3.05) is 11.9 Å². The molecular weight excluding hydrogens is 352 g/mol. The minimum Gasteiger partial charge on any atom is -0.450 e. The summed E-state index contributed by atoms with van der Waals surface area (Å²) < 4.78 is 4.90. The first-order valence-corrected chi connectivity index (χ1v) is 9.91. The predicted molar refractivity (Wildman–Crippen MR) is 111 cm³/mol. The maximum atomic E-state index is 13.2.